The van der Waals surface area contributed by atoms with Crippen LogP contribution >= 0.6 is 15.9 Å². The molecule has 1 fully saturated rings. The average Bonchev–Trinajstić information content (AvgIpc) is 3.10. The molecule has 0 bridgehead atoms. The van der Waals surface area contributed by atoms with Gasteiger partial charge in [-0.2, -0.15) is 0 Å². The number of carbonyl (C=O) groups is 2. The Hall–Kier alpha value is -2.26. The average molecular weight is 540 g/mol. The molecular weight excluding hydrogens is 505 g/mol. The maximum absolute atomic E-state index is 15.6. The van der Waals surface area contributed by atoms with E-state index in [1.165, 1.54) is 6.08 Å². The second-order valence-electron chi connectivity index (χ2n) is 9.45. The van der Waals surface area contributed by atoms with Crippen LogP contribution in [0.3, 0.4) is 0 Å². The zero-order valence-electron chi connectivity index (χ0n) is 20.2. The largest absolute Gasteiger partial charge is 0.444 e. The van der Waals surface area contributed by atoms with Crippen molar-refractivity contribution in [3.8, 4) is 0 Å². The van der Waals surface area contributed by atoms with Crippen LogP contribution < -0.4 is 5.32 Å². The Balaban J connectivity index is 2.23. The van der Waals surface area contributed by atoms with Crippen molar-refractivity contribution in [2.45, 2.75) is 70.2 Å². The maximum atomic E-state index is 15.6. The van der Waals surface area contributed by atoms with Gasteiger partial charge >= 0.3 is 6.09 Å². The smallest absolute Gasteiger partial charge is 0.411 e. The number of aromatic nitrogens is 1. The van der Waals surface area contributed by atoms with E-state index in [-0.39, 0.29) is 26.2 Å². The number of hydrogen-bond donors (Lipinski definition) is 1. The first-order valence-corrected chi connectivity index (χ1v) is 12.2. The Labute approximate surface area is 209 Å². The molecule has 1 aliphatic rings. The fraction of sp³-hybridized carbons (Fsp3) is 0.560. The van der Waals surface area contributed by atoms with Gasteiger partial charge in [-0.3, -0.25) is 9.69 Å². The fourth-order valence-electron chi connectivity index (χ4n) is 3.69. The van der Waals surface area contributed by atoms with E-state index in [0.29, 0.717) is 16.8 Å². The molecule has 188 valence electrons. The topological polar surface area (TPSA) is 80.8 Å². The van der Waals surface area contributed by atoms with Gasteiger partial charge in [0.1, 0.15) is 22.1 Å². The van der Waals surface area contributed by atoms with Crippen LogP contribution in [0.4, 0.5) is 15.0 Å². The van der Waals surface area contributed by atoms with Crippen molar-refractivity contribution in [1.29, 1.82) is 0 Å². The summed E-state index contributed by atoms with van der Waals surface area (Å²) in [4.78, 5) is 31.7. The number of nitrogens with one attached hydrogen (secondary N) is 1. The van der Waals surface area contributed by atoms with E-state index in [1.807, 2.05) is 18.2 Å². The molecule has 0 aromatic carbocycles. The van der Waals surface area contributed by atoms with Gasteiger partial charge in [0.05, 0.1) is 19.8 Å². The van der Waals surface area contributed by atoms with E-state index in [2.05, 4.69) is 39.4 Å². The lowest BCUT2D eigenvalue weighted by molar-refractivity contribution is -0.120. The predicted octanol–water partition coefficient (Wildman–Crippen LogP) is 5.60. The third-order valence-electron chi connectivity index (χ3n) is 5.21. The maximum Gasteiger partial charge on any atom is 0.411 e. The van der Waals surface area contributed by atoms with Crippen LogP contribution in [0.25, 0.3) is 0 Å². The summed E-state index contributed by atoms with van der Waals surface area (Å²) in [5, 5.41) is 2.81. The van der Waals surface area contributed by atoms with E-state index >= 15 is 4.39 Å². The summed E-state index contributed by atoms with van der Waals surface area (Å²) in [6.07, 6.45) is 5.93. The molecule has 0 spiro atoms. The van der Waals surface area contributed by atoms with Gasteiger partial charge in [-0.25, -0.2) is 14.2 Å². The third-order valence-corrected chi connectivity index (χ3v) is 5.65. The lowest BCUT2D eigenvalue weighted by Crippen LogP contribution is -2.46. The molecule has 9 heteroatoms. The van der Waals surface area contributed by atoms with Crippen LogP contribution in [0.2, 0.25) is 0 Å². The third kappa shape index (κ3) is 8.51. The molecule has 2 atom stereocenters. The van der Waals surface area contributed by atoms with Crippen molar-refractivity contribution in [1.82, 2.24) is 9.88 Å². The number of amides is 2. The minimum Gasteiger partial charge on any atom is -0.444 e. The summed E-state index contributed by atoms with van der Waals surface area (Å²) < 4.78 is 26.9. The Bertz CT molecular complexity index is 889. The van der Waals surface area contributed by atoms with Crippen molar-refractivity contribution >= 4 is 33.7 Å². The highest BCUT2D eigenvalue weighted by molar-refractivity contribution is 9.10. The Morgan fingerprint density at radius 2 is 2.06 bits per heavy atom. The van der Waals surface area contributed by atoms with Crippen LogP contribution in [0.5, 0.6) is 0 Å². The number of anilines is 1. The van der Waals surface area contributed by atoms with E-state index in [0.717, 1.165) is 29.7 Å². The van der Waals surface area contributed by atoms with Gasteiger partial charge in [-0.05, 0) is 74.0 Å². The minimum absolute atomic E-state index is 0.173. The number of carbonyl (C=O) groups excluding carboxylic acids is 2. The predicted molar refractivity (Wildman–Crippen MR) is 135 cm³/mol. The number of alkyl halides is 1. The number of aryl methyl sites for hydroxylation is 1. The van der Waals surface area contributed by atoms with Crippen molar-refractivity contribution in [3.63, 3.8) is 0 Å². The van der Waals surface area contributed by atoms with E-state index < -0.39 is 29.3 Å². The monoisotopic (exact) mass is 539 g/mol. The molecule has 1 N–H and O–H groups in total. The highest BCUT2D eigenvalue weighted by atomic mass is 79.9. The lowest BCUT2D eigenvalue weighted by Gasteiger charge is -2.28. The zero-order chi connectivity index (χ0) is 25.4. The van der Waals surface area contributed by atoms with E-state index in [4.69, 9.17) is 9.47 Å². The highest BCUT2D eigenvalue weighted by Crippen LogP contribution is 2.33. The zero-order valence-corrected chi connectivity index (χ0v) is 21.8. The molecule has 2 rings (SSSR count). The first kappa shape index (κ1) is 28.0. The normalized spacial score (nSPS) is 20.1. The number of rotatable bonds is 11. The van der Waals surface area contributed by atoms with Crippen molar-refractivity contribution < 1.29 is 23.5 Å². The second kappa shape index (κ2) is 12.4. The number of ether oxygens (including phenoxy) is 2. The molecule has 0 radical (unpaired) electrons. The van der Waals surface area contributed by atoms with Gasteiger partial charge in [-0.1, -0.05) is 18.2 Å². The lowest BCUT2D eigenvalue weighted by atomic mass is 10.0. The molecule has 0 aliphatic carbocycles. The number of allylic oxidation sites excluding steroid dienone is 1. The molecule has 0 saturated carbocycles. The van der Waals surface area contributed by atoms with Crippen molar-refractivity contribution in [2.75, 3.05) is 25.1 Å². The molecule has 0 unspecified atom stereocenters. The van der Waals surface area contributed by atoms with Crippen LogP contribution in [0, 0.1) is 0 Å². The minimum atomic E-state index is -1.89. The summed E-state index contributed by atoms with van der Waals surface area (Å²) in [5.74, 6) is -0.131. The fourth-order valence-corrected chi connectivity index (χ4v) is 4.00. The van der Waals surface area contributed by atoms with Gasteiger partial charge in [0, 0.05) is 6.42 Å². The Kier molecular flexibility index (Phi) is 10.2. The van der Waals surface area contributed by atoms with Gasteiger partial charge < -0.3 is 14.8 Å². The second-order valence-corrected chi connectivity index (χ2v) is 10.3. The summed E-state index contributed by atoms with van der Waals surface area (Å²) >= 11 is 3.34. The van der Waals surface area contributed by atoms with Crippen LogP contribution in [-0.2, 0) is 20.7 Å². The quantitative estimate of drug-likeness (QED) is 0.225. The summed E-state index contributed by atoms with van der Waals surface area (Å²) in [6, 6.07) is 2.63. The highest BCUT2D eigenvalue weighted by Gasteiger charge is 2.51. The van der Waals surface area contributed by atoms with Crippen LogP contribution in [0.15, 0.2) is 42.0 Å². The molecule has 1 aromatic rings. The van der Waals surface area contributed by atoms with Gasteiger partial charge in [-0.15, -0.1) is 13.2 Å². The molecule has 34 heavy (non-hydrogen) atoms. The molecule has 1 aliphatic heterocycles. The number of halogens is 2. The molecule has 2 amide bonds. The van der Waals surface area contributed by atoms with Gasteiger partial charge in [0.2, 0.25) is 5.91 Å². The van der Waals surface area contributed by atoms with Crippen molar-refractivity contribution in [2.24, 2.45) is 0 Å². The molecule has 2 heterocycles. The van der Waals surface area contributed by atoms with Gasteiger partial charge in [0.15, 0.2) is 5.67 Å². The summed E-state index contributed by atoms with van der Waals surface area (Å²) in [6.45, 7) is 12.1. The number of hydrogen-bond acceptors (Lipinski definition) is 5. The number of likely N-dealkylation sites (tertiary alicyclic amines) is 1. The summed E-state index contributed by atoms with van der Waals surface area (Å²) in [5.41, 5.74) is -1.81. The first-order valence-electron chi connectivity index (χ1n) is 11.4. The standard InChI is InChI=1S/C25H35BrFN3O4/c1-6-8-9-10-11-18-12-13-20(26)28-21(18)29-22(31)19-15-25(27,17-33-14-7-2)16-30(19)23(32)34-24(3,4)5/h6-7,12-13,19H,1-2,8-11,14-17H2,3-5H3,(H,28,29,31)/t19-,25+/m0/s1. The molecular formula is C25H35BrFN3O4. The van der Waals surface area contributed by atoms with Crippen LogP contribution in [0.1, 0.15) is 52.0 Å². The summed E-state index contributed by atoms with van der Waals surface area (Å²) in [7, 11) is 0. The SMILES string of the molecule is C=CCCCCc1ccc(Br)nc1NC(=O)[C@@H]1C[C@](F)(COCC=C)CN1C(=O)OC(C)(C)C. The first-order chi connectivity index (χ1) is 16.0. The Morgan fingerprint density at radius 1 is 1.32 bits per heavy atom. The number of nitrogens with zero attached hydrogens (tertiary/aromatic N) is 2. The number of pyridine rings is 1. The number of unbranched alkanes of at least 4 members (excludes halogenated alkanes) is 2. The van der Waals surface area contributed by atoms with Crippen molar-refractivity contribution in [3.05, 3.63) is 47.6 Å². The van der Waals surface area contributed by atoms with Crippen LogP contribution in [-0.4, -0.2) is 59.0 Å². The molecule has 1 saturated heterocycles. The molecule has 7 nitrogen and oxygen atoms in total. The Morgan fingerprint density at radius 3 is 2.71 bits per heavy atom. The molecule has 1 aromatic heterocycles. The van der Waals surface area contributed by atoms with E-state index in [1.54, 1.807) is 20.8 Å². The van der Waals surface area contributed by atoms with E-state index in [9.17, 15) is 9.59 Å². The van der Waals surface area contributed by atoms with Gasteiger partial charge in [0.25, 0.3) is 0 Å².